The monoisotopic (exact) mass is 437 g/mol. The molecular weight excluding hydrogens is 402 g/mol. The number of hydrogen-bond acceptors (Lipinski definition) is 6. The van der Waals surface area contributed by atoms with Crippen LogP contribution in [0.1, 0.15) is 68.0 Å². The van der Waals surface area contributed by atoms with Crippen LogP contribution in [0.3, 0.4) is 0 Å². The lowest BCUT2D eigenvalue weighted by Gasteiger charge is -2.53. The van der Waals surface area contributed by atoms with Gasteiger partial charge in [0.1, 0.15) is 18.1 Å². The third-order valence-corrected chi connectivity index (χ3v) is 11.2. The van der Waals surface area contributed by atoms with Gasteiger partial charge in [-0.1, -0.05) is 48.5 Å². The number of ether oxygens (including phenoxy) is 1. The minimum atomic E-state index is -2.63. The molecule has 0 spiro atoms. The maximum absolute atomic E-state index is 12.7. The molecule has 0 aromatic carbocycles. The summed E-state index contributed by atoms with van der Waals surface area (Å²) in [6, 6.07) is 1.61. The van der Waals surface area contributed by atoms with Crippen LogP contribution in [-0.2, 0) is 18.4 Å². The number of nitrogens with one attached hydrogen (secondary N) is 1. The predicted molar refractivity (Wildman–Crippen MR) is 117 cm³/mol. The number of rotatable bonds is 3. The van der Waals surface area contributed by atoms with Crippen molar-refractivity contribution in [2.75, 3.05) is 11.9 Å². The third-order valence-electron chi connectivity index (χ3n) is 6.08. The van der Waals surface area contributed by atoms with E-state index in [0.717, 1.165) is 6.42 Å². The highest BCUT2D eigenvalue weighted by Crippen LogP contribution is 2.56. The summed E-state index contributed by atoms with van der Waals surface area (Å²) in [5.74, 6) is -0.0364. The molecule has 1 aromatic heterocycles. The summed E-state index contributed by atoms with van der Waals surface area (Å²) in [4.78, 5) is 27.9. The first-order valence-corrected chi connectivity index (χ1v) is 12.5. The van der Waals surface area contributed by atoms with Crippen molar-refractivity contribution >= 4 is 20.3 Å². The highest BCUT2D eigenvalue weighted by molar-refractivity contribution is 6.73. The molecule has 1 N–H and O–H groups in total. The molecule has 0 radical (unpaired) electrons. The van der Waals surface area contributed by atoms with E-state index in [2.05, 4.69) is 58.8 Å². The fourth-order valence-corrected chi connectivity index (χ4v) is 9.99. The zero-order chi connectivity index (χ0) is 22.5. The molecule has 4 atom stereocenters. The van der Waals surface area contributed by atoms with Crippen molar-refractivity contribution in [3.63, 3.8) is 0 Å². The standard InChI is InChI=1S/C21H35N3O5Si/c1-9-14-17-15(12-27-30(29-17,20(3,4)5)21(6,7)8)28-18(14)24-11-10-16(22-13(2)25)23-19(24)26/h10-11,14-15,17-18H,9,12H2,1-8H3,(H,22,23,25,26)/t14-,15-,17+,18-/m1/s1. The number of hydrogen-bond donors (Lipinski definition) is 1. The lowest BCUT2D eigenvalue weighted by molar-refractivity contribution is -0.114. The molecule has 0 bridgehead atoms. The van der Waals surface area contributed by atoms with Crippen LogP contribution in [0.5, 0.6) is 0 Å². The maximum Gasteiger partial charge on any atom is 0.351 e. The number of fused-ring (bicyclic) bond motifs is 1. The van der Waals surface area contributed by atoms with Gasteiger partial charge in [0, 0.05) is 29.1 Å². The molecule has 9 heteroatoms. The van der Waals surface area contributed by atoms with E-state index in [9.17, 15) is 9.59 Å². The Labute approximate surface area is 179 Å². The van der Waals surface area contributed by atoms with Gasteiger partial charge in [-0.05, 0) is 12.5 Å². The number of nitrogens with zero attached hydrogens (tertiary/aromatic N) is 2. The Bertz CT molecular complexity index is 843. The SMILES string of the molecule is CC[C@@H]1[C@@H]2O[Si](C(C)(C)C)(C(C)(C)C)OC[C@H]2O[C@H]1n1ccc(NC(C)=O)nc1=O. The molecule has 2 aliphatic heterocycles. The highest BCUT2D eigenvalue weighted by atomic mass is 28.4. The molecule has 8 nitrogen and oxygen atoms in total. The van der Waals surface area contributed by atoms with E-state index in [-0.39, 0.29) is 39.9 Å². The zero-order valence-electron chi connectivity index (χ0n) is 19.3. The number of aromatic nitrogens is 2. The second-order valence-corrected chi connectivity index (χ2v) is 15.1. The van der Waals surface area contributed by atoms with Gasteiger partial charge in [-0.25, -0.2) is 4.79 Å². The van der Waals surface area contributed by atoms with Gasteiger partial charge in [0.2, 0.25) is 5.91 Å². The van der Waals surface area contributed by atoms with Crippen LogP contribution in [0.25, 0.3) is 0 Å². The Morgan fingerprint density at radius 3 is 2.40 bits per heavy atom. The highest BCUT2D eigenvalue weighted by Gasteiger charge is 2.64. The largest absolute Gasteiger partial charge is 0.391 e. The minimum absolute atomic E-state index is 0.00147. The number of carbonyl (C=O) groups excluding carboxylic acids is 1. The van der Waals surface area contributed by atoms with Gasteiger partial charge in [0.05, 0.1) is 12.7 Å². The van der Waals surface area contributed by atoms with Gasteiger partial charge in [-0.3, -0.25) is 9.36 Å². The van der Waals surface area contributed by atoms with Crippen molar-refractivity contribution in [2.45, 2.75) is 90.3 Å². The van der Waals surface area contributed by atoms with E-state index < -0.39 is 20.5 Å². The molecular formula is C21H35N3O5Si. The summed E-state index contributed by atoms with van der Waals surface area (Å²) in [6.07, 6.45) is 1.58. The molecule has 3 heterocycles. The number of anilines is 1. The molecule has 2 saturated heterocycles. The van der Waals surface area contributed by atoms with Gasteiger partial charge in [0.15, 0.2) is 0 Å². The molecule has 0 unspecified atom stereocenters. The van der Waals surface area contributed by atoms with Crippen molar-refractivity contribution in [1.82, 2.24) is 9.55 Å². The topological polar surface area (TPSA) is 91.7 Å². The third kappa shape index (κ3) is 3.88. The normalized spacial score (nSPS) is 28.8. The molecule has 0 saturated carbocycles. The Kier molecular flexibility index (Phi) is 6.05. The van der Waals surface area contributed by atoms with Gasteiger partial charge < -0.3 is 18.9 Å². The van der Waals surface area contributed by atoms with E-state index in [4.69, 9.17) is 13.6 Å². The maximum atomic E-state index is 12.7. The lowest BCUT2D eigenvalue weighted by Crippen LogP contribution is -2.64. The van der Waals surface area contributed by atoms with Gasteiger partial charge in [0.25, 0.3) is 0 Å². The van der Waals surface area contributed by atoms with Crippen molar-refractivity contribution in [3.8, 4) is 0 Å². The first-order valence-electron chi connectivity index (χ1n) is 10.6. The quantitative estimate of drug-likeness (QED) is 0.727. The molecule has 1 amide bonds. The first kappa shape index (κ1) is 23.1. The van der Waals surface area contributed by atoms with Crippen LogP contribution in [0.15, 0.2) is 17.1 Å². The Morgan fingerprint density at radius 2 is 1.90 bits per heavy atom. The van der Waals surface area contributed by atoms with E-state index in [1.54, 1.807) is 12.3 Å². The van der Waals surface area contributed by atoms with Crippen LogP contribution >= 0.6 is 0 Å². The smallest absolute Gasteiger partial charge is 0.351 e. The predicted octanol–water partition coefficient (Wildman–Crippen LogP) is 3.58. The van der Waals surface area contributed by atoms with E-state index in [1.807, 2.05) is 0 Å². The number of amides is 1. The van der Waals surface area contributed by atoms with Crippen molar-refractivity contribution in [3.05, 3.63) is 22.7 Å². The average molecular weight is 438 g/mol. The fraction of sp³-hybridized carbons (Fsp3) is 0.762. The van der Waals surface area contributed by atoms with E-state index >= 15 is 0 Å². The fourth-order valence-electron chi connectivity index (χ4n) is 4.99. The summed E-state index contributed by atoms with van der Waals surface area (Å²) >= 11 is 0. The summed E-state index contributed by atoms with van der Waals surface area (Å²) in [6.45, 7) is 17.1. The first-order chi connectivity index (χ1) is 13.8. The molecule has 30 heavy (non-hydrogen) atoms. The summed E-state index contributed by atoms with van der Waals surface area (Å²) in [7, 11) is -2.63. The molecule has 2 aliphatic rings. The van der Waals surface area contributed by atoms with Crippen LogP contribution in [0.2, 0.25) is 10.1 Å². The summed E-state index contributed by atoms with van der Waals surface area (Å²) < 4.78 is 21.2. The molecule has 2 fully saturated rings. The van der Waals surface area contributed by atoms with Crippen LogP contribution in [-0.4, -0.2) is 42.8 Å². The van der Waals surface area contributed by atoms with Gasteiger partial charge >= 0.3 is 14.3 Å². The Balaban J connectivity index is 1.93. The molecule has 1 aromatic rings. The Hall–Kier alpha value is -1.55. The van der Waals surface area contributed by atoms with Crippen molar-refractivity contribution in [1.29, 1.82) is 0 Å². The molecule has 168 valence electrons. The van der Waals surface area contributed by atoms with E-state index in [1.165, 1.54) is 11.5 Å². The average Bonchev–Trinajstić information content (AvgIpc) is 2.96. The van der Waals surface area contributed by atoms with Crippen LogP contribution in [0, 0.1) is 5.92 Å². The Morgan fingerprint density at radius 1 is 1.27 bits per heavy atom. The summed E-state index contributed by atoms with van der Waals surface area (Å²) in [5.41, 5.74) is -0.459. The second kappa shape index (κ2) is 7.85. The minimum Gasteiger partial charge on any atom is -0.391 e. The summed E-state index contributed by atoms with van der Waals surface area (Å²) in [5, 5.41) is 2.30. The lowest BCUT2D eigenvalue weighted by atomic mass is 9.97. The number of carbonyl (C=O) groups is 1. The van der Waals surface area contributed by atoms with Crippen LogP contribution < -0.4 is 11.0 Å². The van der Waals surface area contributed by atoms with Crippen molar-refractivity contribution in [2.24, 2.45) is 5.92 Å². The van der Waals surface area contributed by atoms with Gasteiger partial charge in [-0.2, -0.15) is 4.98 Å². The second-order valence-electron chi connectivity index (χ2n) is 10.3. The van der Waals surface area contributed by atoms with Gasteiger partial charge in [-0.15, -0.1) is 0 Å². The van der Waals surface area contributed by atoms with Crippen molar-refractivity contribution < 1.29 is 18.4 Å². The zero-order valence-corrected chi connectivity index (χ0v) is 20.3. The van der Waals surface area contributed by atoms with Crippen LogP contribution in [0.4, 0.5) is 5.82 Å². The molecule has 3 rings (SSSR count). The van der Waals surface area contributed by atoms with E-state index in [0.29, 0.717) is 6.61 Å². The molecule has 0 aliphatic carbocycles.